The summed E-state index contributed by atoms with van der Waals surface area (Å²) in [6.45, 7) is -0.0114. The number of thioether (sulfide) groups is 1. The van der Waals surface area contributed by atoms with Crippen molar-refractivity contribution in [2.75, 3.05) is 22.5 Å². The van der Waals surface area contributed by atoms with Crippen LogP contribution in [0.5, 0.6) is 0 Å². The molecule has 5 nitrogen and oxygen atoms in total. The minimum absolute atomic E-state index is 0.0114. The first kappa shape index (κ1) is 16.8. The van der Waals surface area contributed by atoms with Gasteiger partial charge in [0, 0.05) is 10.5 Å². The molecule has 0 saturated carbocycles. The number of nitrogens with zero attached hydrogens (tertiary/aromatic N) is 2. The first-order valence-electron chi connectivity index (χ1n) is 8.03. The Balaban J connectivity index is 1.52. The molecule has 2 heterocycles. The number of carbonyl (C=O) groups is 2. The van der Waals surface area contributed by atoms with Gasteiger partial charge >= 0.3 is 0 Å². The minimum Gasteiger partial charge on any atom is -0.314 e. The van der Waals surface area contributed by atoms with Crippen LogP contribution in [0, 0.1) is 0 Å². The third-order valence-electron chi connectivity index (χ3n) is 3.98. The number of benzene rings is 2. The van der Waals surface area contributed by atoms with Gasteiger partial charge in [-0.1, -0.05) is 42.5 Å². The molecule has 26 heavy (non-hydrogen) atoms. The fourth-order valence-electron chi connectivity index (χ4n) is 2.77. The van der Waals surface area contributed by atoms with Crippen LogP contribution in [-0.2, 0) is 9.59 Å². The molecular weight excluding hydrogens is 366 g/mol. The molecule has 1 aliphatic rings. The van der Waals surface area contributed by atoms with E-state index in [1.54, 1.807) is 10.4 Å². The molecule has 0 bridgehead atoms. The lowest BCUT2D eigenvalue weighted by atomic mass is 10.2. The van der Waals surface area contributed by atoms with Gasteiger partial charge in [-0.2, -0.15) is 0 Å². The summed E-state index contributed by atoms with van der Waals surface area (Å²) in [5.74, 6) is 0.0537. The summed E-state index contributed by atoms with van der Waals surface area (Å²) in [6, 6.07) is 17.3. The molecule has 0 atom stereocenters. The van der Waals surface area contributed by atoms with E-state index in [4.69, 9.17) is 0 Å². The van der Waals surface area contributed by atoms with Crippen LogP contribution < -0.4 is 10.2 Å². The summed E-state index contributed by atoms with van der Waals surface area (Å²) in [4.78, 5) is 31.8. The number of amides is 2. The Morgan fingerprint density at radius 2 is 1.88 bits per heavy atom. The molecule has 2 aromatic carbocycles. The first-order valence-corrected chi connectivity index (χ1v) is 9.90. The van der Waals surface area contributed by atoms with E-state index in [9.17, 15) is 9.59 Å². The van der Waals surface area contributed by atoms with E-state index in [0.29, 0.717) is 10.8 Å². The Hall–Kier alpha value is -2.64. The zero-order chi connectivity index (χ0) is 17.9. The topological polar surface area (TPSA) is 62.3 Å². The van der Waals surface area contributed by atoms with Crippen molar-refractivity contribution < 1.29 is 9.59 Å². The number of hydrogen-bond donors (Lipinski definition) is 1. The average molecular weight is 381 g/mol. The average Bonchev–Trinajstić information content (AvgIpc) is 3.13. The van der Waals surface area contributed by atoms with Crippen LogP contribution in [0.25, 0.3) is 11.3 Å². The van der Waals surface area contributed by atoms with Crippen molar-refractivity contribution in [3.05, 3.63) is 60.1 Å². The third kappa shape index (κ3) is 3.36. The predicted molar refractivity (Wildman–Crippen MR) is 106 cm³/mol. The fraction of sp³-hybridized carbons (Fsp3) is 0.105. The standard InChI is InChI=1S/C19H15N3O2S2/c23-16(10-22-14-8-4-5-9-15(14)25-11-17(22)24)21-19-18(20-12-26-19)13-6-2-1-3-7-13/h1-9,12H,10-11H2,(H,21,23). The molecule has 130 valence electrons. The summed E-state index contributed by atoms with van der Waals surface area (Å²) < 4.78 is 0. The van der Waals surface area contributed by atoms with E-state index in [1.165, 1.54) is 23.1 Å². The Morgan fingerprint density at radius 3 is 2.73 bits per heavy atom. The molecule has 7 heteroatoms. The maximum Gasteiger partial charge on any atom is 0.245 e. The highest BCUT2D eigenvalue weighted by Gasteiger charge is 2.26. The van der Waals surface area contributed by atoms with Gasteiger partial charge in [0.05, 0.1) is 17.0 Å². The number of aromatic nitrogens is 1. The van der Waals surface area contributed by atoms with Crippen molar-refractivity contribution >= 4 is 45.6 Å². The fourth-order valence-corrected chi connectivity index (χ4v) is 4.43. The van der Waals surface area contributed by atoms with Crippen molar-refractivity contribution in [2.45, 2.75) is 4.90 Å². The van der Waals surface area contributed by atoms with Crippen LogP contribution in [0.1, 0.15) is 0 Å². The number of para-hydroxylation sites is 1. The van der Waals surface area contributed by atoms with Gasteiger partial charge in [0.2, 0.25) is 11.8 Å². The zero-order valence-corrected chi connectivity index (χ0v) is 15.3. The smallest absolute Gasteiger partial charge is 0.245 e. The van der Waals surface area contributed by atoms with Crippen molar-refractivity contribution in [3.63, 3.8) is 0 Å². The molecule has 0 fully saturated rings. The van der Waals surface area contributed by atoms with E-state index in [0.717, 1.165) is 21.8 Å². The lowest BCUT2D eigenvalue weighted by Crippen LogP contribution is -2.41. The highest BCUT2D eigenvalue weighted by molar-refractivity contribution is 8.00. The summed E-state index contributed by atoms with van der Waals surface area (Å²) in [5, 5.41) is 3.59. The zero-order valence-electron chi connectivity index (χ0n) is 13.7. The highest BCUT2D eigenvalue weighted by atomic mass is 32.2. The van der Waals surface area contributed by atoms with Gasteiger partial charge < -0.3 is 10.2 Å². The molecule has 1 aromatic heterocycles. The Bertz CT molecular complexity index is 956. The normalized spacial score (nSPS) is 13.4. The molecular formula is C19H15N3O2S2. The molecule has 4 rings (SSSR count). The number of nitrogens with one attached hydrogen (secondary N) is 1. The second-order valence-electron chi connectivity index (χ2n) is 5.68. The van der Waals surface area contributed by atoms with Crippen molar-refractivity contribution in [3.8, 4) is 11.3 Å². The van der Waals surface area contributed by atoms with Gasteiger partial charge in [-0.25, -0.2) is 4.98 Å². The van der Waals surface area contributed by atoms with Crippen LogP contribution in [0.15, 0.2) is 65.0 Å². The van der Waals surface area contributed by atoms with Gasteiger partial charge in [-0.3, -0.25) is 9.59 Å². The Labute approximate surface area is 159 Å². The summed E-state index contributed by atoms with van der Waals surface area (Å²) in [5.41, 5.74) is 4.18. The lowest BCUT2D eigenvalue weighted by Gasteiger charge is -2.28. The van der Waals surface area contributed by atoms with Crippen LogP contribution in [0.3, 0.4) is 0 Å². The van der Waals surface area contributed by atoms with Crippen LogP contribution in [0.4, 0.5) is 10.7 Å². The Morgan fingerprint density at radius 1 is 1.12 bits per heavy atom. The molecule has 0 radical (unpaired) electrons. The molecule has 0 unspecified atom stereocenters. The second kappa shape index (κ2) is 7.31. The van der Waals surface area contributed by atoms with E-state index < -0.39 is 0 Å². The molecule has 3 aromatic rings. The van der Waals surface area contributed by atoms with Gasteiger partial charge in [0.25, 0.3) is 0 Å². The van der Waals surface area contributed by atoms with Crippen molar-refractivity contribution in [1.29, 1.82) is 0 Å². The SMILES string of the molecule is O=C(CN1C(=O)CSc2ccccc21)Nc1scnc1-c1ccccc1. The lowest BCUT2D eigenvalue weighted by molar-refractivity contribution is -0.120. The number of anilines is 2. The van der Waals surface area contributed by atoms with Gasteiger partial charge in [0.1, 0.15) is 17.2 Å². The molecule has 1 aliphatic heterocycles. The maximum atomic E-state index is 12.6. The van der Waals surface area contributed by atoms with E-state index >= 15 is 0 Å². The van der Waals surface area contributed by atoms with Crippen molar-refractivity contribution in [2.24, 2.45) is 0 Å². The monoisotopic (exact) mass is 381 g/mol. The quantitative estimate of drug-likeness (QED) is 0.745. The van der Waals surface area contributed by atoms with E-state index in [2.05, 4.69) is 10.3 Å². The maximum absolute atomic E-state index is 12.6. The summed E-state index contributed by atoms with van der Waals surface area (Å²) >= 11 is 2.87. The number of hydrogen-bond acceptors (Lipinski definition) is 5. The van der Waals surface area contributed by atoms with E-state index in [1.807, 2.05) is 54.6 Å². The van der Waals surface area contributed by atoms with Crippen LogP contribution in [0.2, 0.25) is 0 Å². The predicted octanol–water partition coefficient (Wildman–Crippen LogP) is 3.89. The third-order valence-corrected chi connectivity index (χ3v) is 5.77. The van der Waals surface area contributed by atoms with Gasteiger partial charge in [0.15, 0.2) is 0 Å². The Kier molecular flexibility index (Phi) is 4.73. The number of fused-ring (bicyclic) bond motifs is 1. The van der Waals surface area contributed by atoms with E-state index in [-0.39, 0.29) is 18.4 Å². The molecule has 2 amide bonds. The van der Waals surface area contributed by atoms with Crippen LogP contribution in [-0.4, -0.2) is 29.1 Å². The highest BCUT2D eigenvalue weighted by Crippen LogP contribution is 2.35. The summed E-state index contributed by atoms with van der Waals surface area (Å²) in [7, 11) is 0. The largest absolute Gasteiger partial charge is 0.314 e. The number of thiazole rings is 1. The minimum atomic E-state index is -0.235. The first-order chi connectivity index (χ1) is 12.7. The molecule has 1 N–H and O–H groups in total. The number of rotatable bonds is 4. The second-order valence-corrected chi connectivity index (χ2v) is 7.55. The van der Waals surface area contributed by atoms with Gasteiger partial charge in [-0.15, -0.1) is 23.1 Å². The van der Waals surface area contributed by atoms with Crippen molar-refractivity contribution in [1.82, 2.24) is 4.98 Å². The van der Waals surface area contributed by atoms with Gasteiger partial charge in [-0.05, 0) is 12.1 Å². The van der Waals surface area contributed by atoms with Crippen LogP contribution >= 0.6 is 23.1 Å². The summed E-state index contributed by atoms with van der Waals surface area (Å²) in [6.07, 6.45) is 0. The molecule has 0 aliphatic carbocycles. The molecule has 0 spiro atoms. The molecule has 0 saturated heterocycles. The number of carbonyl (C=O) groups excluding carboxylic acids is 2.